The van der Waals surface area contributed by atoms with Gasteiger partial charge >= 0.3 is 0 Å². The Morgan fingerprint density at radius 2 is 1.95 bits per heavy atom. The third-order valence-corrected chi connectivity index (χ3v) is 4.01. The second-order valence-corrected chi connectivity index (χ2v) is 5.19. The lowest BCUT2D eigenvalue weighted by Crippen LogP contribution is -2.08. The molecular formula is C16H23N3. The highest BCUT2D eigenvalue weighted by Crippen LogP contribution is 2.19. The highest BCUT2D eigenvalue weighted by atomic mass is 15.1. The standard InChI is InChI=1S/C16H23N3/c1-11-6-5-7-14(12(11)2)10-15-13(3)19(4)16(18-15)8-9-17/h5-7H,8-10,17H2,1-4H3. The quantitative estimate of drug-likeness (QED) is 0.914. The molecule has 3 nitrogen and oxygen atoms in total. The molecule has 0 bridgehead atoms. The minimum absolute atomic E-state index is 0.646. The number of aromatic nitrogens is 2. The molecule has 2 rings (SSSR count). The van der Waals surface area contributed by atoms with Crippen molar-refractivity contribution in [1.82, 2.24) is 9.55 Å². The molecule has 0 unspecified atom stereocenters. The molecule has 2 N–H and O–H groups in total. The van der Waals surface area contributed by atoms with Crippen LogP contribution >= 0.6 is 0 Å². The summed E-state index contributed by atoms with van der Waals surface area (Å²) in [5.74, 6) is 1.08. The van der Waals surface area contributed by atoms with Crippen molar-refractivity contribution in [3.8, 4) is 0 Å². The van der Waals surface area contributed by atoms with Crippen LogP contribution in [0, 0.1) is 20.8 Å². The van der Waals surface area contributed by atoms with E-state index in [1.807, 2.05) is 0 Å². The van der Waals surface area contributed by atoms with Gasteiger partial charge in [0.1, 0.15) is 5.82 Å². The van der Waals surface area contributed by atoms with Gasteiger partial charge in [0.25, 0.3) is 0 Å². The molecule has 0 saturated carbocycles. The summed E-state index contributed by atoms with van der Waals surface area (Å²) in [6.45, 7) is 7.12. The molecule has 0 atom stereocenters. The van der Waals surface area contributed by atoms with Crippen LogP contribution in [0.3, 0.4) is 0 Å². The van der Waals surface area contributed by atoms with Crippen molar-refractivity contribution < 1.29 is 0 Å². The zero-order chi connectivity index (χ0) is 14.0. The van der Waals surface area contributed by atoms with Crippen LogP contribution < -0.4 is 5.73 Å². The molecule has 0 amide bonds. The Labute approximate surface area is 115 Å². The van der Waals surface area contributed by atoms with Crippen LogP contribution in [0.25, 0.3) is 0 Å². The molecule has 0 saturated heterocycles. The Kier molecular flexibility index (Phi) is 4.05. The maximum atomic E-state index is 5.63. The minimum Gasteiger partial charge on any atom is -0.335 e. The first kappa shape index (κ1) is 13.8. The molecule has 1 aromatic heterocycles. The summed E-state index contributed by atoms with van der Waals surface area (Å²) in [5, 5.41) is 0. The monoisotopic (exact) mass is 257 g/mol. The molecule has 0 aliphatic heterocycles. The van der Waals surface area contributed by atoms with Gasteiger partial charge in [0.2, 0.25) is 0 Å². The summed E-state index contributed by atoms with van der Waals surface area (Å²) < 4.78 is 2.16. The van der Waals surface area contributed by atoms with E-state index in [9.17, 15) is 0 Å². The van der Waals surface area contributed by atoms with E-state index >= 15 is 0 Å². The first-order chi connectivity index (χ1) is 9.04. The van der Waals surface area contributed by atoms with Gasteiger partial charge in [0.15, 0.2) is 0 Å². The van der Waals surface area contributed by atoms with Gasteiger partial charge in [-0.15, -0.1) is 0 Å². The fraction of sp³-hybridized carbons (Fsp3) is 0.438. The SMILES string of the molecule is Cc1cccc(Cc2nc(CCN)n(C)c2C)c1C. The van der Waals surface area contributed by atoms with E-state index in [1.54, 1.807) is 0 Å². The van der Waals surface area contributed by atoms with Crippen molar-refractivity contribution in [2.45, 2.75) is 33.6 Å². The number of imidazole rings is 1. The maximum Gasteiger partial charge on any atom is 0.110 e. The van der Waals surface area contributed by atoms with Crippen molar-refractivity contribution in [2.75, 3.05) is 6.54 Å². The van der Waals surface area contributed by atoms with E-state index in [2.05, 4.69) is 50.6 Å². The fourth-order valence-corrected chi connectivity index (χ4v) is 2.40. The summed E-state index contributed by atoms with van der Waals surface area (Å²) >= 11 is 0. The smallest absolute Gasteiger partial charge is 0.110 e. The van der Waals surface area contributed by atoms with Gasteiger partial charge in [-0.25, -0.2) is 4.98 Å². The third kappa shape index (κ3) is 2.71. The highest BCUT2D eigenvalue weighted by Gasteiger charge is 2.12. The lowest BCUT2D eigenvalue weighted by atomic mass is 9.99. The van der Waals surface area contributed by atoms with E-state index in [-0.39, 0.29) is 0 Å². The van der Waals surface area contributed by atoms with Crippen LogP contribution in [-0.2, 0) is 19.9 Å². The van der Waals surface area contributed by atoms with E-state index in [4.69, 9.17) is 10.7 Å². The summed E-state index contributed by atoms with van der Waals surface area (Å²) in [7, 11) is 2.07. The third-order valence-electron chi connectivity index (χ3n) is 4.01. The zero-order valence-corrected chi connectivity index (χ0v) is 12.3. The predicted octanol–water partition coefficient (Wildman–Crippen LogP) is 2.44. The van der Waals surface area contributed by atoms with Gasteiger partial charge in [-0.2, -0.15) is 0 Å². The number of benzene rings is 1. The van der Waals surface area contributed by atoms with Crippen LogP contribution in [0.5, 0.6) is 0 Å². The summed E-state index contributed by atoms with van der Waals surface area (Å²) in [5.41, 5.74) is 12.1. The average molecular weight is 257 g/mol. The average Bonchev–Trinajstić information content (AvgIpc) is 2.64. The summed E-state index contributed by atoms with van der Waals surface area (Å²) in [6, 6.07) is 6.47. The Morgan fingerprint density at radius 3 is 2.63 bits per heavy atom. The number of rotatable bonds is 4. The van der Waals surface area contributed by atoms with E-state index in [1.165, 1.54) is 28.1 Å². The van der Waals surface area contributed by atoms with Gasteiger partial charge in [0, 0.05) is 25.6 Å². The molecule has 1 heterocycles. The minimum atomic E-state index is 0.646. The molecule has 1 aromatic carbocycles. The molecule has 2 aromatic rings. The van der Waals surface area contributed by atoms with Crippen molar-refractivity contribution >= 4 is 0 Å². The number of aryl methyl sites for hydroxylation is 1. The van der Waals surface area contributed by atoms with Gasteiger partial charge in [0.05, 0.1) is 5.69 Å². The van der Waals surface area contributed by atoms with E-state index in [0.29, 0.717) is 6.54 Å². The number of nitrogens with two attached hydrogens (primary N) is 1. The molecule has 3 heteroatoms. The van der Waals surface area contributed by atoms with Gasteiger partial charge in [-0.3, -0.25) is 0 Å². The Bertz CT molecular complexity index is 582. The molecule has 0 radical (unpaired) electrons. The zero-order valence-electron chi connectivity index (χ0n) is 12.3. The van der Waals surface area contributed by atoms with Crippen molar-refractivity contribution in [3.05, 3.63) is 52.1 Å². The number of nitrogens with zero attached hydrogens (tertiary/aromatic N) is 2. The van der Waals surface area contributed by atoms with Crippen LogP contribution in [0.15, 0.2) is 18.2 Å². The second kappa shape index (κ2) is 5.57. The molecule has 0 aliphatic carbocycles. The first-order valence-electron chi connectivity index (χ1n) is 6.80. The molecule has 102 valence electrons. The second-order valence-electron chi connectivity index (χ2n) is 5.19. The van der Waals surface area contributed by atoms with Crippen LogP contribution in [-0.4, -0.2) is 16.1 Å². The van der Waals surface area contributed by atoms with Crippen molar-refractivity contribution in [2.24, 2.45) is 12.8 Å². The lowest BCUT2D eigenvalue weighted by Gasteiger charge is -2.07. The van der Waals surface area contributed by atoms with Crippen LogP contribution in [0.4, 0.5) is 0 Å². The van der Waals surface area contributed by atoms with E-state index in [0.717, 1.165) is 18.7 Å². The van der Waals surface area contributed by atoms with Crippen molar-refractivity contribution in [1.29, 1.82) is 0 Å². The number of hydrogen-bond donors (Lipinski definition) is 1. The van der Waals surface area contributed by atoms with Gasteiger partial charge in [-0.05, 0) is 44.0 Å². The molecule has 0 aliphatic rings. The molecule has 0 spiro atoms. The summed E-state index contributed by atoms with van der Waals surface area (Å²) in [6.07, 6.45) is 1.74. The molecular weight excluding hydrogens is 234 g/mol. The van der Waals surface area contributed by atoms with Crippen LogP contribution in [0.2, 0.25) is 0 Å². The Balaban J connectivity index is 2.33. The largest absolute Gasteiger partial charge is 0.335 e. The summed E-state index contributed by atoms with van der Waals surface area (Å²) in [4.78, 5) is 4.75. The number of hydrogen-bond acceptors (Lipinski definition) is 2. The van der Waals surface area contributed by atoms with Gasteiger partial charge in [-0.1, -0.05) is 18.2 Å². The first-order valence-corrected chi connectivity index (χ1v) is 6.80. The predicted molar refractivity (Wildman–Crippen MR) is 79.4 cm³/mol. The lowest BCUT2D eigenvalue weighted by molar-refractivity contribution is 0.761. The normalized spacial score (nSPS) is 11.0. The van der Waals surface area contributed by atoms with E-state index < -0.39 is 0 Å². The Morgan fingerprint density at radius 1 is 1.21 bits per heavy atom. The topological polar surface area (TPSA) is 43.8 Å². The maximum absolute atomic E-state index is 5.63. The molecule has 0 fully saturated rings. The Hall–Kier alpha value is -1.61. The highest BCUT2D eigenvalue weighted by molar-refractivity contribution is 5.36. The van der Waals surface area contributed by atoms with Crippen LogP contribution in [0.1, 0.15) is 33.9 Å². The van der Waals surface area contributed by atoms with Gasteiger partial charge < -0.3 is 10.3 Å². The van der Waals surface area contributed by atoms with Crippen molar-refractivity contribution in [3.63, 3.8) is 0 Å². The fourth-order valence-electron chi connectivity index (χ4n) is 2.40. The molecule has 19 heavy (non-hydrogen) atoms.